The number of hydrogen-bond acceptors (Lipinski definition) is 4. The molecule has 3 fully saturated rings. The van der Waals surface area contributed by atoms with Crippen LogP contribution < -0.4 is 15.5 Å². The largest absolute Gasteiger partial charge is 0.339 e. The minimum atomic E-state index is -0.0135. The predicted octanol–water partition coefficient (Wildman–Crippen LogP) is 2.96. The highest BCUT2D eigenvalue weighted by molar-refractivity contribution is 5.75. The molecule has 0 aromatic carbocycles. The second-order valence-electron chi connectivity index (χ2n) is 9.11. The molecule has 1 aromatic heterocycles. The smallest absolute Gasteiger partial charge is 0.315 e. The van der Waals surface area contributed by atoms with Gasteiger partial charge in [0.25, 0.3) is 0 Å². The molecule has 0 spiro atoms. The van der Waals surface area contributed by atoms with Crippen molar-refractivity contribution in [3.8, 4) is 0 Å². The average Bonchev–Trinajstić information content (AvgIpc) is 2.96. The van der Waals surface area contributed by atoms with E-state index >= 15 is 0 Å². The topological polar surface area (TPSA) is 70.2 Å². The third-order valence-electron chi connectivity index (χ3n) is 7.69. The van der Waals surface area contributed by atoms with E-state index in [9.17, 15) is 4.79 Å². The van der Waals surface area contributed by atoms with Crippen molar-refractivity contribution >= 4 is 12.0 Å². The summed E-state index contributed by atoms with van der Waals surface area (Å²) in [5, 5.41) is 6.51. The van der Waals surface area contributed by atoms with E-state index in [2.05, 4.69) is 46.3 Å². The fourth-order valence-electron chi connectivity index (χ4n) is 5.54. The van der Waals surface area contributed by atoms with Crippen LogP contribution in [0.3, 0.4) is 0 Å². The lowest BCUT2D eigenvalue weighted by atomic mass is 9.69. The Hall–Kier alpha value is -1.85. The number of carbonyl (C=O) groups is 1. The number of hydrogen-bond donors (Lipinski definition) is 2. The molecule has 1 saturated heterocycles. The number of rotatable bonds is 3. The van der Waals surface area contributed by atoms with Gasteiger partial charge in [0.2, 0.25) is 5.95 Å². The zero-order chi connectivity index (χ0) is 18.4. The minimum Gasteiger partial charge on any atom is -0.339 e. The molecule has 2 heterocycles. The van der Waals surface area contributed by atoms with Crippen molar-refractivity contribution in [3.63, 3.8) is 0 Å². The van der Waals surface area contributed by atoms with Crippen LogP contribution in [0.2, 0.25) is 0 Å². The number of nitrogens with zero attached hydrogens (tertiary/aromatic N) is 3. The fraction of sp³-hybridized carbons (Fsp3) is 0.750. The maximum Gasteiger partial charge on any atom is 0.315 e. The predicted molar refractivity (Wildman–Crippen MR) is 102 cm³/mol. The van der Waals surface area contributed by atoms with Gasteiger partial charge in [-0.3, -0.25) is 0 Å². The minimum absolute atomic E-state index is 0.0135. The maximum atomic E-state index is 12.7. The zero-order valence-corrected chi connectivity index (χ0v) is 16.2. The highest BCUT2D eigenvalue weighted by atomic mass is 16.2. The Morgan fingerprint density at radius 3 is 2.62 bits per heavy atom. The van der Waals surface area contributed by atoms with Crippen LogP contribution >= 0.6 is 0 Å². The SMILES string of the molecule is CC1(C)[C@H]2CC[C@@]1(C)[C@@H](NC(=O)N[C@H]1CCCN(c3ncccn3)C1)C2. The van der Waals surface area contributed by atoms with Gasteiger partial charge in [-0.05, 0) is 54.9 Å². The van der Waals surface area contributed by atoms with Gasteiger partial charge in [-0.25, -0.2) is 14.8 Å². The maximum absolute atomic E-state index is 12.7. The van der Waals surface area contributed by atoms with Gasteiger partial charge < -0.3 is 15.5 Å². The summed E-state index contributed by atoms with van der Waals surface area (Å²) in [6.07, 6.45) is 9.22. The summed E-state index contributed by atoms with van der Waals surface area (Å²) in [5.74, 6) is 1.49. The number of carbonyl (C=O) groups excluding carboxylic acids is 1. The number of amides is 2. The number of aromatic nitrogens is 2. The third-order valence-corrected chi connectivity index (χ3v) is 7.69. The first-order valence-corrected chi connectivity index (χ1v) is 9.99. The molecule has 4 atom stereocenters. The molecule has 0 unspecified atom stereocenters. The van der Waals surface area contributed by atoms with Gasteiger partial charge in [0, 0.05) is 37.6 Å². The van der Waals surface area contributed by atoms with Crippen molar-refractivity contribution in [3.05, 3.63) is 18.5 Å². The lowest BCUT2D eigenvalue weighted by molar-refractivity contribution is 0.123. The van der Waals surface area contributed by atoms with Crippen molar-refractivity contribution in [1.29, 1.82) is 0 Å². The molecular weight excluding hydrogens is 326 g/mol. The van der Waals surface area contributed by atoms with Crippen LogP contribution in [0.4, 0.5) is 10.7 Å². The lowest BCUT2D eigenvalue weighted by Gasteiger charge is -2.40. The Morgan fingerprint density at radius 1 is 1.19 bits per heavy atom. The van der Waals surface area contributed by atoms with Crippen LogP contribution in [0.5, 0.6) is 0 Å². The molecule has 4 rings (SSSR count). The van der Waals surface area contributed by atoms with Gasteiger partial charge in [-0.1, -0.05) is 20.8 Å². The van der Waals surface area contributed by atoms with E-state index in [4.69, 9.17) is 0 Å². The molecule has 1 aliphatic heterocycles. The molecule has 0 radical (unpaired) electrons. The Labute approximate surface area is 156 Å². The van der Waals surface area contributed by atoms with Gasteiger partial charge in [-0.15, -0.1) is 0 Å². The van der Waals surface area contributed by atoms with E-state index in [0.29, 0.717) is 5.41 Å². The van der Waals surface area contributed by atoms with Crippen molar-refractivity contribution in [2.75, 3.05) is 18.0 Å². The van der Waals surface area contributed by atoms with Crippen LogP contribution in [0.25, 0.3) is 0 Å². The van der Waals surface area contributed by atoms with Crippen molar-refractivity contribution in [2.45, 2.75) is 65.0 Å². The fourth-order valence-corrected chi connectivity index (χ4v) is 5.54. The molecule has 6 heteroatoms. The van der Waals surface area contributed by atoms with Gasteiger partial charge in [-0.2, -0.15) is 0 Å². The van der Waals surface area contributed by atoms with E-state index in [-0.39, 0.29) is 23.5 Å². The standard InChI is InChI=1S/C20H31N5O/c1-19(2)14-7-8-20(19,3)16(12-14)24-18(26)23-15-6-4-11-25(13-15)17-21-9-5-10-22-17/h5,9-10,14-16H,4,6-8,11-13H2,1-3H3,(H2,23,24,26)/t14-,15-,16-,20-/m0/s1. The lowest BCUT2D eigenvalue weighted by Crippen LogP contribution is -2.55. The van der Waals surface area contributed by atoms with Crippen LogP contribution in [0.15, 0.2) is 18.5 Å². The highest BCUT2D eigenvalue weighted by Crippen LogP contribution is 2.65. The number of fused-ring (bicyclic) bond motifs is 2. The number of piperidine rings is 1. The molecule has 142 valence electrons. The molecule has 2 N–H and O–H groups in total. The Morgan fingerprint density at radius 2 is 1.96 bits per heavy atom. The van der Waals surface area contributed by atoms with E-state index < -0.39 is 0 Å². The summed E-state index contributed by atoms with van der Waals surface area (Å²) >= 11 is 0. The quantitative estimate of drug-likeness (QED) is 0.872. The Bertz CT molecular complexity index is 663. The first-order chi connectivity index (χ1) is 12.4. The molecule has 2 saturated carbocycles. The second-order valence-corrected chi connectivity index (χ2v) is 9.11. The summed E-state index contributed by atoms with van der Waals surface area (Å²) in [5.41, 5.74) is 0.530. The molecule has 3 aliphatic rings. The van der Waals surface area contributed by atoms with Crippen molar-refractivity contribution in [2.24, 2.45) is 16.7 Å². The zero-order valence-electron chi connectivity index (χ0n) is 16.2. The first-order valence-electron chi connectivity index (χ1n) is 9.99. The van der Waals surface area contributed by atoms with E-state index in [1.54, 1.807) is 12.4 Å². The van der Waals surface area contributed by atoms with E-state index in [1.807, 2.05) is 6.07 Å². The van der Waals surface area contributed by atoms with Crippen LogP contribution in [0.1, 0.15) is 52.9 Å². The van der Waals surface area contributed by atoms with Gasteiger partial charge >= 0.3 is 6.03 Å². The number of urea groups is 1. The average molecular weight is 358 g/mol. The summed E-state index contributed by atoms with van der Waals surface area (Å²) in [6, 6.07) is 2.24. The van der Waals surface area contributed by atoms with Crippen LogP contribution in [-0.4, -0.2) is 41.2 Å². The van der Waals surface area contributed by atoms with Crippen LogP contribution in [-0.2, 0) is 0 Å². The summed E-state index contributed by atoms with van der Waals surface area (Å²) in [4.78, 5) is 23.5. The molecular formula is C20H31N5O. The molecule has 2 aliphatic carbocycles. The number of nitrogens with one attached hydrogen (secondary N) is 2. The van der Waals surface area contributed by atoms with Crippen molar-refractivity contribution in [1.82, 2.24) is 20.6 Å². The molecule has 2 amide bonds. The Balaban J connectivity index is 1.34. The monoisotopic (exact) mass is 357 g/mol. The molecule has 2 bridgehead atoms. The summed E-state index contributed by atoms with van der Waals surface area (Å²) in [6.45, 7) is 8.83. The normalized spacial score (nSPS) is 35.3. The highest BCUT2D eigenvalue weighted by Gasteiger charge is 2.61. The van der Waals surface area contributed by atoms with Crippen molar-refractivity contribution < 1.29 is 4.79 Å². The van der Waals surface area contributed by atoms with E-state index in [1.165, 1.54) is 12.8 Å². The molecule has 1 aromatic rings. The van der Waals surface area contributed by atoms with Gasteiger partial charge in [0.15, 0.2) is 0 Å². The van der Waals surface area contributed by atoms with E-state index in [0.717, 1.165) is 44.2 Å². The van der Waals surface area contributed by atoms with Gasteiger partial charge in [0.1, 0.15) is 0 Å². The first kappa shape index (κ1) is 17.6. The number of anilines is 1. The van der Waals surface area contributed by atoms with Gasteiger partial charge in [0.05, 0.1) is 0 Å². The Kier molecular flexibility index (Phi) is 4.32. The van der Waals surface area contributed by atoms with Crippen LogP contribution in [0, 0.1) is 16.7 Å². The molecule has 26 heavy (non-hydrogen) atoms. The third kappa shape index (κ3) is 2.83. The molecule has 6 nitrogen and oxygen atoms in total. The second kappa shape index (κ2) is 6.39. The summed E-state index contributed by atoms with van der Waals surface area (Å²) < 4.78 is 0. The summed E-state index contributed by atoms with van der Waals surface area (Å²) in [7, 11) is 0.